The lowest BCUT2D eigenvalue weighted by Gasteiger charge is -2.34. The number of amides is 1. The summed E-state index contributed by atoms with van der Waals surface area (Å²) in [5.41, 5.74) is 0.492. The van der Waals surface area contributed by atoms with E-state index in [1.54, 1.807) is 24.3 Å². The van der Waals surface area contributed by atoms with Crippen LogP contribution >= 0.6 is 0 Å². The van der Waals surface area contributed by atoms with Crippen LogP contribution in [0.25, 0.3) is 0 Å². The number of ketones is 1. The van der Waals surface area contributed by atoms with Crippen molar-refractivity contribution < 1.29 is 27.1 Å². The average molecular weight is 420 g/mol. The summed E-state index contributed by atoms with van der Waals surface area (Å²) >= 11 is 0. The van der Waals surface area contributed by atoms with Gasteiger partial charge in [-0.05, 0) is 37.3 Å². The van der Waals surface area contributed by atoms with Crippen LogP contribution in [0, 0.1) is 5.82 Å². The minimum atomic E-state index is -3.81. The van der Waals surface area contributed by atoms with E-state index in [1.807, 2.05) is 0 Å². The number of ether oxygens (including phenoxy) is 1. The Balaban J connectivity index is 1.55. The number of piperazine rings is 1. The number of nitrogens with zero attached hydrogens (tertiary/aromatic N) is 2. The maximum atomic E-state index is 13.4. The van der Waals surface area contributed by atoms with Crippen LogP contribution in [-0.2, 0) is 14.8 Å². The molecule has 2 aromatic rings. The standard InChI is InChI=1S/C20H21FN2O5S/c1-15(24)16-4-2-6-18(12-16)28-14-20(25)22-8-10-23(11-9-22)29(26,27)19-7-3-5-17(21)13-19/h2-7,12-13H,8-11,14H2,1H3. The Bertz CT molecular complexity index is 1020. The molecule has 0 radical (unpaired) electrons. The highest BCUT2D eigenvalue weighted by Gasteiger charge is 2.30. The molecule has 29 heavy (non-hydrogen) atoms. The van der Waals surface area contributed by atoms with Crippen LogP contribution < -0.4 is 4.74 Å². The summed E-state index contributed by atoms with van der Waals surface area (Å²) in [5.74, 6) is -0.581. The van der Waals surface area contributed by atoms with Crippen molar-refractivity contribution in [2.24, 2.45) is 0 Å². The summed E-state index contributed by atoms with van der Waals surface area (Å²) in [5, 5.41) is 0. The van der Waals surface area contributed by atoms with Crippen LogP contribution in [0.5, 0.6) is 5.75 Å². The lowest BCUT2D eigenvalue weighted by molar-refractivity contribution is -0.134. The largest absolute Gasteiger partial charge is 0.484 e. The van der Waals surface area contributed by atoms with Crippen molar-refractivity contribution in [2.75, 3.05) is 32.8 Å². The molecule has 0 aliphatic carbocycles. The molecule has 1 fully saturated rings. The van der Waals surface area contributed by atoms with Gasteiger partial charge in [-0.15, -0.1) is 0 Å². The third kappa shape index (κ3) is 4.99. The molecule has 3 rings (SSSR count). The summed E-state index contributed by atoms with van der Waals surface area (Å²) in [6.07, 6.45) is 0. The van der Waals surface area contributed by atoms with Crippen molar-refractivity contribution in [3.63, 3.8) is 0 Å². The van der Waals surface area contributed by atoms with Crippen LogP contribution in [0.2, 0.25) is 0 Å². The van der Waals surface area contributed by atoms with E-state index in [9.17, 15) is 22.4 Å². The van der Waals surface area contributed by atoms with Gasteiger partial charge in [0.1, 0.15) is 11.6 Å². The van der Waals surface area contributed by atoms with Gasteiger partial charge in [-0.2, -0.15) is 4.31 Å². The lowest BCUT2D eigenvalue weighted by Crippen LogP contribution is -2.51. The Morgan fingerprint density at radius 3 is 2.38 bits per heavy atom. The predicted octanol–water partition coefficient (Wildman–Crippen LogP) is 1.94. The van der Waals surface area contributed by atoms with Gasteiger partial charge in [0, 0.05) is 31.7 Å². The number of rotatable bonds is 6. The number of halogens is 1. The van der Waals surface area contributed by atoms with Crippen molar-refractivity contribution in [1.82, 2.24) is 9.21 Å². The Labute approximate surface area is 168 Å². The summed E-state index contributed by atoms with van der Waals surface area (Å²) in [6.45, 7) is 1.89. The molecule has 0 bridgehead atoms. The monoisotopic (exact) mass is 420 g/mol. The molecule has 0 N–H and O–H groups in total. The minimum absolute atomic E-state index is 0.0996. The highest BCUT2D eigenvalue weighted by atomic mass is 32.2. The van der Waals surface area contributed by atoms with Crippen molar-refractivity contribution in [1.29, 1.82) is 0 Å². The van der Waals surface area contributed by atoms with Crippen molar-refractivity contribution >= 4 is 21.7 Å². The molecule has 1 aliphatic rings. The van der Waals surface area contributed by atoms with Crippen LogP contribution in [0.4, 0.5) is 4.39 Å². The second kappa shape index (κ2) is 8.71. The molecule has 2 aromatic carbocycles. The van der Waals surface area contributed by atoms with Crippen LogP contribution in [0.15, 0.2) is 53.4 Å². The highest BCUT2D eigenvalue weighted by molar-refractivity contribution is 7.89. The van der Waals surface area contributed by atoms with Gasteiger partial charge in [-0.3, -0.25) is 9.59 Å². The number of carbonyl (C=O) groups is 2. The molecule has 0 atom stereocenters. The Kier molecular flexibility index (Phi) is 6.29. The van der Waals surface area contributed by atoms with E-state index >= 15 is 0 Å². The molecule has 0 aromatic heterocycles. The first-order valence-corrected chi connectivity index (χ1v) is 10.5. The number of benzene rings is 2. The molecule has 1 saturated heterocycles. The number of sulfonamides is 1. The van der Waals surface area contributed by atoms with Gasteiger partial charge in [-0.25, -0.2) is 12.8 Å². The minimum Gasteiger partial charge on any atom is -0.484 e. The van der Waals surface area contributed by atoms with Gasteiger partial charge >= 0.3 is 0 Å². The fraction of sp³-hybridized carbons (Fsp3) is 0.300. The smallest absolute Gasteiger partial charge is 0.260 e. The zero-order chi connectivity index (χ0) is 21.0. The van der Waals surface area contributed by atoms with Gasteiger partial charge in [0.25, 0.3) is 5.91 Å². The van der Waals surface area contributed by atoms with Crippen LogP contribution in [-0.4, -0.2) is 62.1 Å². The molecule has 0 unspecified atom stereocenters. The van der Waals surface area contributed by atoms with Gasteiger partial charge in [0.2, 0.25) is 10.0 Å². The Hall–Kier alpha value is -2.78. The summed E-state index contributed by atoms with van der Waals surface area (Å²) < 4.78 is 45.3. The van der Waals surface area contributed by atoms with Gasteiger partial charge in [0.05, 0.1) is 4.90 Å². The molecule has 9 heteroatoms. The second-order valence-electron chi connectivity index (χ2n) is 6.61. The van der Waals surface area contributed by atoms with E-state index in [4.69, 9.17) is 4.74 Å². The van der Waals surface area contributed by atoms with Crippen molar-refractivity contribution in [3.8, 4) is 5.75 Å². The topological polar surface area (TPSA) is 84.0 Å². The van der Waals surface area contributed by atoms with E-state index < -0.39 is 15.8 Å². The molecular weight excluding hydrogens is 399 g/mol. The van der Waals surface area contributed by atoms with Crippen molar-refractivity contribution in [2.45, 2.75) is 11.8 Å². The van der Waals surface area contributed by atoms with Crippen molar-refractivity contribution in [3.05, 3.63) is 59.9 Å². The molecule has 0 spiro atoms. The van der Waals surface area contributed by atoms with E-state index in [0.717, 1.165) is 6.07 Å². The number of hydrogen-bond acceptors (Lipinski definition) is 5. The third-order valence-electron chi connectivity index (χ3n) is 4.63. The molecule has 154 valence electrons. The fourth-order valence-electron chi connectivity index (χ4n) is 3.00. The normalized spacial score (nSPS) is 15.2. The first-order valence-electron chi connectivity index (χ1n) is 9.04. The Morgan fingerprint density at radius 1 is 1.03 bits per heavy atom. The zero-order valence-corrected chi connectivity index (χ0v) is 16.7. The summed E-state index contributed by atoms with van der Waals surface area (Å²) in [7, 11) is -3.81. The maximum Gasteiger partial charge on any atom is 0.260 e. The SMILES string of the molecule is CC(=O)c1cccc(OCC(=O)N2CCN(S(=O)(=O)c3cccc(F)c3)CC2)c1. The predicted molar refractivity (Wildman–Crippen MR) is 104 cm³/mol. The lowest BCUT2D eigenvalue weighted by atomic mass is 10.1. The van der Waals surface area contributed by atoms with Gasteiger partial charge in [0.15, 0.2) is 12.4 Å². The average Bonchev–Trinajstić information content (AvgIpc) is 2.72. The summed E-state index contributed by atoms with van der Waals surface area (Å²) in [4.78, 5) is 25.2. The number of hydrogen-bond donors (Lipinski definition) is 0. The highest BCUT2D eigenvalue weighted by Crippen LogP contribution is 2.19. The third-order valence-corrected chi connectivity index (χ3v) is 6.52. The van der Waals surface area contributed by atoms with E-state index in [-0.39, 0.29) is 49.4 Å². The molecule has 1 amide bonds. The van der Waals surface area contributed by atoms with Gasteiger partial charge < -0.3 is 9.64 Å². The van der Waals surface area contributed by atoms with E-state index in [1.165, 1.54) is 34.3 Å². The molecule has 7 nitrogen and oxygen atoms in total. The molecule has 1 aliphatic heterocycles. The zero-order valence-electron chi connectivity index (χ0n) is 15.9. The molecule has 0 saturated carbocycles. The summed E-state index contributed by atoms with van der Waals surface area (Å²) in [6, 6.07) is 11.4. The first-order chi connectivity index (χ1) is 13.8. The fourth-order valence-corrected chi connectivity index (χ4v) is 4.45. The molecule has 1 heterocycles. The Morgan fingerprint density at radius 2 is 1.72 bits per heavy atom. The van der Waals surface area contributed by atoms with Gasteiger partial charge in [-0.1, -0.05) is 18.2 Å². The quantitative estimate of drug-likeness (QED) is 0.667. The molecular formula is C20H21FN2O5S. The van der Waals surface area contributed by atoms with E-state index in [2.05, 4.69) is 0 Å². The number of Topliss-reactive ketones (excluding diaryl/α,β-unsaturated/α-hetero) is 1. The van der Waals surface area contributed by atoms with E-state index in [0.29, 0.717) is 11.3 Å². The van der Waals surface area contributed by atoms with Crippen LogP contribution in [0.3, 0.4) is 0 Å². The van der Waals surface area contributed by atoms with Crippen LogP contribution in [0.1, 0.15) is 17.3 Å². The second-order valence-corrected chi connectivity index (χ2v) is 8.55. The number of carbonyl (C=O) groups excluding carboxylic acids is 2. The maximum absolute atomic E-state index is 13.4. The first kappa shape index (κ1) is 20.9.